The number of carbonyl (C=O) groups is 1. The monoisotopic (exact) mass is 182 g/mol. The quantitative estimate of drug-likeness (QED) is 0.654. The van der Waals surface area contributed by atoms with E-state index in [1.165, 1.54) is 0 Å². The van der Waals surface area contributed by atoms with Gasteiger partial charge < -0.3 is 11.1 Å². The molecule has 1 unspecified atom stereocenters. The summed E-state index contributed by atoms with van der Waals surface area (Å²) in [5.41, 5.74) is 6.33. The fraction of sp³-hybridized carbons (Fsp3) is 0.500. The third-order valence-electron chi connectivity index (χ3n) is 1.78. The molecule has 0 spiro atoms. The zero-order valence-electron chi connectivity index (χ0n) is 7.82. The predicted molar refractivity (Wildman–Crippen MR) is 48.7 cm³/mol. The van der Waals surface area contributed by atoms with Crippen molar-refractivity contribution >= 4 is 5.91 Å². The van der Waals surface area contributed by atoms with Crippen molar-refractivity contribution < 1.29 is 4.79 Å². The lowest BCUT2D eigenvalue weighted by molar-refractivity contribution is -0.122. The minimum absolute atomic E-state index is 0.152. The Hall–Kier alpha value is -1.36. The second-order valence-electron chi connectivity index (χ2n) is 2.95. The van der Waals surface area contributed by atoms with E-state index < -0.39 is 6.04 Å². The van der Waals surface area contributed by atoms with Gasteiger partial charge in [-0.05, 0) is 13.0 Å². The van der Waals surface area contributed by atoms with E-state index in [0.29, 0.717) is 6.54 Å². The molecule has 1 heterocycles. The van der Waals surface area contributed by atoms with Crippen molar-refractivity contribution in [2.75, 3.05) is 0 Å². The molecule has 72 valence electrons. The van der Waals surface area contributed by atoms with Gasteiger partial charge in [0.15, 0.2) is 0 Å². The van der Waals surface area contributed by atoms with Gasteiger partial charge in [0.2, 0.25) is 5.91 Å². The third kappa shape index (κ3) is 2.55. The van der Waals surface area contributed by atoms with Crippen LogP contribution < -0.4 is 11.1 Å². The Morgan fingerprint density at radius 3 is 3.00 bits per heavy atom. The summed E-state index contributed by atoms with van der Waals surface area (Å²) in [5.74, 6) is -0.152. The van der Waals surface area contributed by atoms with E-state index in [2.05, 4.69) is 10.4 Å². The van der Waals surface area contributed by atoms with Gasteiger partial charge >= 0.3 is 0 Å². The summed E-state index contributed by atoms with van der Waals surface area (Å²) >= 11 is 0. The lowest BCUT2D eigenvalue weighted by Gasteiger charge is -2.07. The molecule has 5 nitrogen and oxygen atoms in total. The Morgan fingerprint density at radius 1 is 1.85 bits per heavy atom. The van der Waals surface area contributed by atoms with Gasteiger partial charge in [0, 0.05) is 13.2 Å². The smallest absolute Gasteiger partial charge is 0.236 e. The minimum atomic E-state index is -0.465. The van der Waals surface area contributed by atoms with Crippen LogP contribution in [0.5, 0.6) is 0 Å². The molecule has 0 radical (unpaired) electrons. The van der Waals surface area contributed by atoms with Gasteiger partial charge in [0.05, 0.1) is 18.3 Å². The fourth-order valence-corrected chi connectivity index (χ4v) is 0.913. The SMILES string of the molecule is CC(N)C(=O)NCc1ccnn1C. The topological polar surface area (TPSA) is 72.9 Å². The van der Waals surface area contributed by atoms with Crippen LogP contribution >= 0.6 is 0 Å². The van der Waals surface area contributed by atoms with Crippen molar-refractivity contribution in [1.82, 2.24) is 15.1 Å². The van der Waals surface area contributed by atoms with Gasteiger partial charge in [-0.1, -0.05) is 0 Å². The van der Waals surface area contributed by atoms with Crippen molar-refractivity contribution in [2.45, 2.75) is 19.5 Å². The van der Waals surface area contributed by atoms with Crippen LogP contribution in [0.25, 0.3) is 0 Å². The van der Waals surface area contributed by atoms with Crippen LogP contribution in [-0.2, 0) is 18.4 Å². The van der Waals surface area contributed by atoms with Crippen molar-refractivity contribution in [2.24, 2.45) is 12.8 Å². The van der Waals surface area contributed by atoms with Gasteiger partial charge in [0.1, 0.15) is 0 Å². The molecule has 0 saturated heterocycles. The minimum Gasteiger partial charge on any atom is -0.349 e. The summed E-state index contributed by atoms with van der Waals surface area (Å²) < 4.78 is 1.71. The molecule has 0 fully saturated rings. The number of amides is 1. The first-order chi connectivity index (χ1) is 6.11. The highest BCUT2D eigenvalue weighted by Crippen LogP contribution is 1.94. The van der Waals surface area contributed by atoms with Crippen LogP contribution in [0.2, 0.25) is 0 Å². The summed E-state index contributed by atoms with van der Waals surface area (Å²) in [7, 11) is 1.83. The lowest BCUT2D eigenvalue weighted by atomic mass is 10.3. The average molecular weight is 182 g/mol. The van der Waals surface area contributed by atoms with E-state index in [-0.39, 0.29) is 5.91 Å². The first-order valence-corrected chi connectivity index (χ1v) is 4.11. The van der Waals surface area contributed by atoms with Crippen LogP contribution in [0, 0.1) is 0 Å². The molecule has 13 heavy (non-hydrogen) atoms. The fourth-order valence-electron chi connectivity index (χ4n) is 0.913. The Morgan fingerprint density at radius 2 is 2.54 bits per heavy atom. The van der Waals surface area contributed by atoms with Gasteiger partial charge in [0.25, 0.3) is 0 Å². The molecule has 1 atom stereocenters. The molecular formula is C8H14N4O. The number of hydrogen-bond acceptors (Lipinski definition) is 3. The molecule has 1 aromatic heterocycles. The van der Waals surface area contributed by atoms with E-state index in [9.17, 15) is 4.79 Å². The van der Waals surface area contributed by atoms with Crippen molar-refractivity contribution in [3.63, 3.8) is 0 Å². The van der Waals surface area contributed by atoms with Crippen LogP contribution in [0.4, 0.5) is 0 Å². The molecule has 0 aliphatic heterocycles. The molecule has 5 heteroatoms. The van der Waals surface area contributed by atoms with Gasteiger partial charge in [-0.15, -0.1) is 0 Å². The van der Waals surface area contributed by atoms with Crippen molar-refractivity contribution in [1.29, 1.82) is 0 Å². The average Bonchev–Trinajstić information content (AvgIpc) is 2.47. The summed E-state index contributed by atoms with van der Waals surface area (Å²) in [5, 5.41) is 6.67. The molecule has 0 bridgehead atoms. The van der Waals surface area contributed by atoms with Crippen LogP contribution in [0.1, 0.15) is 12.6 Å². The first kappa shape index (κ1) is 9.73. The number of carbonyl (C=O) groups excluding carboxylic acids is 1. The number of nitrogens with zero attached hydrogens (tertiary/aromatic N) is 2. The summed E-state index contributed by atoms with van der Waals surface area (Å²) in [6.07, 6.45) is 1.69. The Bertz CT molecular complexity index is 292. The Labute approximate surface area is 76.9 Å². The highest BCUT2D eigenvalue weighted by molar-refractivity contribution is 5.80. The van der Waals surface area contributed by atoms with Gasteiger partial charge in [-0.25, -0.2) is 0 Å². The standard InChI is InChI=1S/C8H14N4O/c1-6(9)8(13)10-5-7-3-4-11-12(7)2/h3-4,6H,5,9H2,1-2H3,(H,10,13). The summed E-state index contributed by atoms with van der Waals surface area (Å²) in [4.78, 5) is 11.1. The zero-order chi connectivity index (χ0) is 9.84. The highest BCUT2D eigenvalue weighted by Gasteiger charge is 2.06. The van der Waals surface area contributed by atoms with Crippen LogP contribution in [0.3, 0.4) is 0 Å². The largest absolute Gasteiger partial charge is 0.349 e. The molecule has 0 aromatic carbocycles. The van der Waals surface area contributed by atoms with E-state index in [4.69, 9.17) is 5.73 Å². The van der Waals surface area contributed by atoms with Gasteiger partial charge in [-0.2, -0.15) is 5.10 Å². The molecular weight excluding hydrogens is 168 g/mol. The van der Waals surface area contributed by atoms with E-state index >= 15 is 0 Å². The summed E-state index contributed by atoms with van der Waals surface area (Å²) in [6, 6.07) is 1.38. The maximum absolute atomic E-state index is 11.1. The molecule has 1 amide bonds. The van der Waals surface area contributed by atoms with Crippen molar-refractivity contribution in [3.05, 3.63) is 18.0 Å². The number of aryl methyl sites for hydroxylation is 1. The number of rotatable bonds is 3. The molecule has 0 saturated carbocycles. The molecule has 0 aliphatic rings. The maximum atomic E-state index is 11.1. The van der Waals surface area contributed by atoms with Crippen molar-refractivity contribution in [3.8, 4) is 0 Å². The number of nitrogens with two attached hydrogens (primary N) is 1. The normalized spacial score (nSPS) is 12.5. The first-order valence-electron chi connectivity index (χ1n) is 4.11. The second kappa shape index (κ2) is 4.04. The van der Waals surface area contributed by atoms with Crippen LogP contribution in [-0.4, -0.2) is 21.7 Å². The number of aromatic nitrogens is 2. The second-order valence-corrected chi connectivity index (χ2v) is 2.95. The molecule has 1 aromatic rings. The van der Waals surface area contributed by atoms with E-state index in [0.717, 1.165) is 5.69 Å². The molecule has 3 N–H and O–H groups in total. The number of nitrogens with one attached hydrogen (secondary N) is 1. The predicted octanol–water partition coefficient (Wildman–Crippen LogP) is -0.617. The third-order valence-corrected chi connectivity index (χ3v) is 1.78. The van der Waals surface area contributed by atoms with E-state index in [1.54, 1.807) is 17.8 Å². The Balaban J connectivity index is 2.44. The Kier molecular flexibility index (Phi) is 3.02. The lowest BCUT2D eigenvalue weighted by Crippen LogP contribution is -2.38. The molecule has 1 rings (SSSR count). The van der Waals surface area contributed by atoms with E-state index in [1.807, 2.05) is 13.1 Å². The molecule has 0 aliphatic carbocycles. The number of hydrogen-bond donors (Lipinski definition) is 2. The van der Waals surface area contributed by atoms with Crippen LogP contribution in [0.15, 0.2) is 12.3 Å². The maximum Gasteiger partial charge on any atom is 0.236 e. The zero-order valence-corrected chi connectivity index (χ0v) is 7.82. The van der Waals surface area contributed by atoms with Gasteiger partial charge in [-0.3, -0.25) is 9.48 Å². The summed E-state index contributed by atoms with van der Waals surface area (Å²) in [6.45, 7) is 2.12. The highest BCUT2D eigenvalue weighted by atomic mass is 16.2.